The van der Waals surface area contributed by atoms with E-state index < -0.39 is 0 Å². The van der Waals surface area contributed by atoms with Gasteiger partial charge in [0, 0.05) is 17.8 Å². The van der Waals surface area contributed by atoms with Crippen molar-refractivity contribution in [1.29, 1.82) is 0 Å². The zero-order chi connectivity index (χ0) is 22.2. The topological polar surface area (TPSA) is 76.7 Å². The second-order valence-electron chi connectivity index (χ2n) is 7.11. The Hall–Kier alpha value is -3.80. The number of benzene rings is 3. The minimum atomic E-state index is -0.309. The lowest BCUT2D eigenvalue weighted by Gasteiger charge is -2.12. The quantitative estimate of drug-likeness (QED) is 0.548. The molecule has 0 saturated heterocycles. The number of amides is 2. The van der Waals surface area contributed by atoms with Gasteiger partial charge in [0.05, 0.1) is 0 Å². The SMILES string of the molecule is CCNC(=O)c1ccc(C)c(NC(=O)COc2ccc(Oc3ccc(C)cc3)cc2)c1. The van der Waals surface area contributed by atoms with E-state index in [1.165, 1.54) is 5.56 Å². The van der Waals surface area contributed by atoms with Gasteiger partial charge in [-0.15, -0.1) is 0 Å². The van der Waals surface area contributed by atoms with E-state index in [0.717, 1.165) is 11.3 Å². The molecule has 3 rings (SSSR count). The monoisotopic (exact) mass is 418 g/mol. The van der Waals surface area contributed by atoms with Gasteiger partial charge in [-0.3, -0.25) is 9.59 Å². The molecule has 3 aromatic rings. The van der Waals surface area contributed by atoms with Crippen molar-refractivity contribution in [3.05, 3.63) is 83.4 Å². The highest BCUT2D eigenvalue weighted by molar-refractivity contribution is 5.98. The van der Waals surface area contributed by atoms with Gasteiger partial charge in [-0.2, -0.15) is 0 Å². The van der Waals surface area contributed by atoms with Crippen molar-refractivity contribution in [3.63, 3.8) is 0 Å². The van der Waals surface area contributed by atoms with Crippen molar-refractivity contribution in [2.45, 2.75) is 20.8 Å². The molecule has 2 N–H and O–H groups in total. The lowest BCUT2D eigenvalue weighted by Crippen LogP contribution is -2.24. The molecule has 0 atom stereocenters. The maximum Gasteiger partial charge on any atom is 0.262 e. The first-order valence-corrected chi connectivity index (χ1v) is 10.1. The van der Waals surface area contributed by atoms with Gasteiger partial charge in [0.1, 0.15) is 17.2 Å². The van der Waals surface area contributed by atoms with Gasteiger partial charge in [0.25, 0.3) is 11.8 Å². The van der Waals surface area contributed by atoms with Crippen LogP contribution in [0.5, 0.6) is 17.2 Å². The molecule has 0 radical (unpaired) electrons. The van der Waals surface area contributed by atoms with Gasteiger partial charge in [-0.05, 0) is 74.9 Å². The number of carbonyl (C=O) groups is 2. The Morgan fingerprint density at radius 1 is 0.839 bits per heavy atom. The van der Waals surface area contributed by atoms with Crippen LogP contribution in [0.25, 0.3) is 0 Å². The van der Waals surface area contributed by atoms with Crippen molar-refractivity contribution in [1.82, 2.24) is 5.32 Å². The molecule has 0 fully saturated rings. The van der Waals surface area contributed by atoms with Crippen LogP contribution in [0.2, 0.25) is 0 Å². The first-order chi connectivity index (χ1) is 14.9. The summed E-state index contributed by atoms with van der Waals surface area (Å²) in [4.78, 5) is 24.3. The largest absolute Gasteiger partial charge is 0.484 e. The predicted octanol–water partition coefficient (Wildman–Crippen LogP) is 4.86. The van der Waals surface area contributed by atoms with E-state index in [4.69, 9.17) is 9.47 Å². The Bertz CT molecular complexity index is 1040. The molecule has 3 aromatic carbocycles. The molecule has 2 amide bonds. The molecular formula is C25H26N2O4. The molecule has 0 unspecified atom stereocenters. The van der Waals surface area contributed by atoms with Gasteiger partial charge in [0.15, 0.2) is 6.61 Å². The number of carbonyl (C=O) groups excluding carboxylic acids is 2. The fourth-order valence-electron chi connectivity index (χ4n) is 2.84. The maximum atomic E-state index is 12.3. The molecule has 6 heteroatoms. The summed E-state index contributed by atoms with van der Waals surface area (Å²) in [5.41, 5.74) is 3.10. The van der Waals surface area contributed by atoms with Gasteiger partial charge < -0.3 is 20.1 Å². The molecule has 6 nitrogen and oxygen atoms in total. The van der Waals surface area contributed by atoms with Crippen LogP contribution in [0.3, 0.4) is 0 Å². The van der Waals surface area contributed by atoms with E-state index in [-0.39, 0.29) is 18.4 Å². The van der Waals surface area contributed by atoms with Crippen LogP contribution in [-0.4, -0.2) is 25.0 Å². The van der Waals surface area contributed by atoms with E-state index in [1.807, 2.05) is 45.0 Å². The minimum absolute atomic E-state index is 0.150. The number of anilines is 1. The van der Waals surface area contributed by atoms with E-state index in [2.05, 4.69) is 10.6 Å². The predicted molar refractivity (Wildman–Crippen MR) is 121 cm³/mol. The van der Waals surface area contributed by atoms with Crippen LogP contribution in [0.4, 0.5) is 5.69 Å². The Balaban J connectivity index is 1.54. The van der Waals surface area contributed by atoms with E-state index in [1.54, 1.807) is 42.5 Å². The average Bonchev–Trinajstić information content (AvgIpc) is 2.76. The summed E-state index contributed by atoms with van der Waals surface area (Å²) in [5.74, 6) is 1.50. The zero-order valence-corrected chi connectivity index (χ0v) is 17.9. The molecule has 0 spiro atoms. The third-order valence-electron chi connectivity index (χ3n) is 4.56. The van der Waals surface area contributed by atoms with Gasteiger partial charge >= 0.3 is 0 Å². The molecule has 160 valence electrons. The van der Waals surface area contributed by atoms with Crippen LogP contribution in [-0.2, 0) is 4.79 Å². The second-order valence-corrected chi connectivity index (χ2v) is 7.11. The number of hydrogen-bond donors (Lipinski definition) is 2. The van der Waals surface area contributed by atoms with Gasteiger partial charge in [-0.1, -0.05) is 23.8 Å². The minimum Gasteiger partial charge on any atom is -0.484 e. The van der Waals surface area contributed by atoms with Crippen molar-refractivity contribution in [2.24, 2.45) is 0 Å². The Labute approximate surface area is 182 Å². The molecule has 0 aromatic heterocycles. The normalized spacial score (nSPS) is 10.3. The number of ether oxygens (including phenoxy) is 2. The van der Waals surface area contributed by atoms with Crippen molar-refractivity contribution < 1.29 is 19.1 Å². The summed E-state index contributed by atoms with van der Waals surface area (Å²) in [7, 11) is 0. The van der Waals surface area contributed by atoms with Crippen LogP contribution in [0, 0.1) is 13.8 Å². The molecule has 0 heterocycles. The number of aryl methyl sites for hydroxylation is 2. The van der Waals surface area contributed by atoms with Crippen LogP contribution < -0.4 is 20.1 Å². The second kappa shape index (κ2) is 10.3. The number of nitrogens with one attached hydrogen (secondary N) is 2. The average molecular weight is 418 g/mol. The lowest BCUT2D eigenvalue weighted by atomic mass is 10.1. The first kappa shape index (κ1) is 21.9. The summed E-state index contributed by atoms with van der Waals surface area (Å²) in [6.07, 6.45) is 0. The molecule has 0 aliphatic rings. The maximum absolute atomic E-state index is 12.3. The molecule has 0 saturated carbocycles. The molecule has 31 heavy (non-hydrogen) atoms. The van der Waals surface area contributed by atoms with Gasteiger partial charge in [0.2, 0.25) is 0 Å². The fourth-order valence-corrected chi connectivity index (χ4v) is 2.84. The molecule has 0 aliphatic heterocycles. The highest BCUT2D eigenvalue weighted by atomic mass is 16.5. The Kier molecular flexibility index (Phi) is 7.27. The highest BCUT2D eigenvalue weighted by Crippen LogP contribution is 2.24. The zero-order valence-electron chi connectivity index (χ0n) is 17.9. The van der Waals surface area contributed by atoms with Crippen molar-refractivity contribution in [3.8, 4) is 17.2 Å². The lowest BCUT2D eigenvalue weighted by molar-refractivity contribution is -0.118. The summed E-state index contributed by atoms with van der Waals surface area (Å²) in [5, 5.41) is 5.54. The summed E-state index contributed by atoms with van der Waals surface area (Å²) >= 11 is 0. The highest BCUT2D eigenvalue weighted by Gasteiger charge is 2.10. The van der Waals surface area contributed by atoms with Crippen molar-refractivity contribution in [2.75, 3.05) is 18.5 Å². The standard InChI is InChI=1S/C25H26N2O4/c1-4-26-25(29)19-8-7-18(3)23(15-19)27-24(28)16-30-20-11-13-22(14-12-20)31-21-9-5-17(2)6-10-21/h5-15H,4,16H2,1-3H3,(H,26,29)(H,27,28). The van der Waals surface area contributed by atoms with Gasteiger partial charge in [-0.25, -0.2) is 0 Å². The Morgan fingerprint density at radius 3 is 2.10 bits per heavy atom. The molecule has 0 bridgehead atoms. The fraction of sp³-hybridized carbons (Fsp3) is 0.200. The van der Waals surface area contributed by atoms with E-state index >= 15 is 0 Å². The number of rotatable bonds is 8. The van der Waals surface area contributed by atoms with Crippen LogP contribution in [0.15, 0.2) is 66.7 Å². The summed E-state index contributed by atoms with van der Waals surface area (Å²) in [6.45, 7) is 6.13. The molecule has 0 aliphatic carbocycles. The van der Waals surface area contributed by atoms with Crippen LogP contribution >= 0.6 is 0 Å². The Morgan fingerprint density at radius 2 is 1.45 bits per heavy atom. The van der Waals surface area contributed by atoms with E-state index in [0.29, 0.717) is 29.3 Å². The smallest absolute Gasteiger partial charge is 0.262 e. The summed E-state index contributed by atoms with van der Waals surface area (Å²) in [6, 6.07) is 20.0. The third-order valence-corrected chi connectivity index (χ3v) is 4.56. The van der Waals surface area contributed by atoms with E-state index in [9.17, 15) is 9.59 Å². The van der Waals surface area contributed by atoms with Crippen LogP contribution in [0.1, 0.15) is 28.4 Å². The number of hydrogen-bond acceptors (Lipinski definition) is 4. The third kappa shape index (κ3) is 6.34. The molecular weight excluding hydrogens is 392 g/mol. The first-order valence-electron chi connectivity index (χ1n) is 10.1. The summed E-state index contributed by atoms with van der Waals surface area (Å²) < 4.78 is 11.4. The van der Waals surface area contributed by atoms with Crippen molar-refractivity contribution >= 4 is 17.5 Å².